The first kappa shape index (κ1) is 21.3. The number of guanidine groups is 1. The van der Waals surface area contributed by atoms with Gasteiger partial charge in [0.1, 0.15) is 11.3 Å². The highest BCUT2D eigenvalue weighted by Crippen LogP contribution is 2.23. The zero-order valence-corrected chi connectivity index (χ0v) is 17.7. The molecule has 1 atom stereocenters. The summed E-state index contributed by atoms with van der Waals surface area (Å²) in [5.41, 5.74) is 0.333. The van der Waals surface area contributed by atoms with Crippen LogP contribution in [0.3, 0.4) is 0 Å². The van der Waals surface area contributed by atoms with Gasteiger partial charge in [-0.05, 0) is 32.9 Å². The van der Waals surface area contributed by atoms with Crippen LogP contribution >= 0.6 is 24.0 Å². The molecule has 0 aliphatic rings. The van der Waals surface area contributed by atoms with Gasteiger partial charge in [0.25, 0.3) is 0 Å². The fourth-order valence-electron chi connectivity index (χ4n) is 2.41. The Hall–Kier alpha value is -1.77. The van der Waals surface area contributed by atoms with Crippen molar-refractivity contribution in [2.24, 2.45) is 10.4 Å². The second-order valence-corrected chi connectivity index (χ2v) is 6.44. The smallest absolute Gasteiger partial charge is 0.227 e. The third-order valence-corrected chi connectivity index (χ3v) is 3.99. The zero-order chi connectivity index (χ0) is 17.7. The Morgan fingerprint density at radius 3 is 2.60 bits per heavy atom. The summed E-state index contributed by atoms with van der Waals surface area (Å²) >= 11 is 0. The molecular formula is C18H27IN4O2. The van der Waals surface area contributed by atoms with Gasteiger partial charge in [0, 0.05) is 26.0 Å². The molecule has 138 valence electrons. The van der Waals surface area contributed by atoms with Gasteiger partial charge in [0.2, 0.25) is 5.91 Å². The number of nitrogens with zero attached hydrogens (tertiary/aromatic N) is 1. The lowest BCUT2D eigenvalue weighted by molar-refractivity contribution is -0.128. The highest BCUT2D eigenvalue weighted by atomic mass is 127. The van der Waals surface area contributed by atoms with Crippen molar-refractivity contribution in [3.8, 4) is 0 Å². The number of furan rings is 1. The van der Waals surface area contributed by atoms with Crippen LogP contribution in [0, 0.1) is 5.41 Å². The highest BCUT2D eigenvalue weighted by Gasteiger charge is 2.27. The summed E-state index contributed by atoms with van der Waals surface area (Å²) in [6.45, 7) is 6.25. The topological polar surface area (TPSA) is 78.7 Å². The maximum Gasteiger partial charge on any atom is 0.227 e. The van der Waals surface area contributed by atoms with E-state index in [0.29, 0.717) is 12.5 Å². The lowest BCUT2D eigenvalue weighted by atomic mass is 9.92. The van der Waals surface area contributed by atoms with Crippen LogP contribution in [-0.4, -0.2) is 32.5 Å². The van der Waals surface area contributed by atoms with Gasteiger partial charge in [0.05, 0.1) is 11.5 Å². The summed E-state index contributed by atoms with van der Waals surface area (Å²) in [6, 6.07) is 9.88. The van der Waals surface area contributed by atoms with E-state index in [9.17, 15) is 4.79 Å². The van der Waals surface area contributed by atoms with Gasteiger partial charge in [-0.1, -0.05) is 18.2 Å². The largest absolute Gasteiger partial charge is 0.459 e. The average molecular weight is 458 g/mol. The SMILES string of the molecule is CN=C(NCC(C)(C)C(=O)NC)NC(C)c1cc2ccccc2o1.I. The zero-order valence-electron chi connectivity index (χ0n) is 15.3. The summed E-state index contributed by atoms with van der Waals surface area (Å²) in [5, 5.41) is 10.2. The predicted octanol–water partition coefficient (Wildman–Crippen LogP) is 3.05. The Morgan fingerprint density at radius 2 is 2.00 bits per heavy atom. The number of fused-ring (bicyclic) bond motifs is 1. The van der Waals surface area contributed by atoms with Crippen molar-refractivity contribution in [1.29, 1.82) is 0 Å². The molecule has 0 aliphatic heterocycles. The van der Waals surface area contributed by atoms with Crippen LogP contribution in [-0.2, 0) is 4.79 Å². The number of carbonyl (C=O) groups is 1. The maximum absolute atomic E-state index is 11.9. The Labute approximate surface area is 165 Å². The van der Waals surface area contributed by atoms with Gasteiger partial charge in [-0.3, -0.25) is 9.79 Å². The number of hydrogen-bond acceptors (Lipinski definition) is 3. The molecule has 7 heteroatoms. The molecule has 0 radical (unpaired) electrons. The predicted molar refractivity (Wildman–Crippen MR) is 112 cm³/mol. The van der Waals surface area contributed by atoms with Crippen LogP contribution in [0.15, 0.2) is 39.7 Å². The molecule has 6 nitrogen and oxygen atoms in total. The van der Waals surface area contributed by atoms with Crippen LogP contribution in [0.2, 0.25) is 0 Å². The van der Waals surface area contributed by atoms with Crippen molar-refractivity contribution < 1.29 is 9.21 Å². The van der Waals surface area contributed by atoms with Crippen LogP contribution in [0.4, 0.5) is 0 Å². The summed E-state index contributed by atoms with van der Waals surface area (Å²) in [4.78, 5) is 16.1. The minimum Gasteiger partial charge on any atom is -0.459 e. The molecule has 0 spiro atoms. The number of rotatable bonds is 5. The summed E-state index contributed by atoms with van der Waals surface area (Å²) < 4.78 is 5.87. The van der Waals surface area contributed by atoms with Gasteiger partial charge < -0.3 is 20.4 Å². The number of amides is 1. The van der Waals surface area contributed by atoms with Crippen molar-refractivity contribution in [2.75, 3.05) is 20.6 Å². The van der Waals surface area contributed by atoms with E-state index in [1.807, 2.05) is 51.1 Å². The number of aliphatic imine (C=N–C) groups is 1. The molecule has 25 heavy (non-hydrogen) atoms. The lowest BCUT2D eigenvalue weighted by Crippen LogP contribution is -2.47. The van der Waals surface area contributed by atoms with Crippen LogP contribution in [0.5, 0.6) is 0 Å². The number of hydrogen-bond donors (Lipinski definition) is 3. The number of halogens is 1. The molecule has 1 unspecified atom stereocenters. The average Bonchev–Trinajstić information content (AvgIpc) is 3.01. The fourth-order valence-corrected chi connectivity index (χ4v) is 2.41. The minimum absolute atomic E-state index is 0. The van der Waals surface area contributed by atoms with Crippen LogP contribution in [0.25, 0.3) is 11.0 Å². The van der Waals surface area contributed by atoms with E-state index in [4.69, 9.17) is 4.42 Å². The highest BCUT2D eigenvalue weighted by molar-refractivity contribution is 14.0. The first-order chi connectivity index (χ1) is 11.4. The Kier molecular flexibility index (Phi) is 7.72. The fraction of sp³-hybridized carbons (Fsp3) is 0.444. The second kappa shape index (κ2) is 9.07. The monoisotopic (exact) mass is 458 g/mol. The molecule has 1 aromatic heterocycles. The molecular weight excluding hydrogens is 431 g/mol. The van der Waals surface area contributed by atoms with Crippen molar-refractivity contribution in [1.82, 2.24) is 16.0 Å². The minimum atomic E-state index is -0.533. The molecule has 0 fully saturated rings. The van der Waals surface area contributed by atoms with Gasteiger partial charge in [0.15, 0.2) is 5.96 Å². The molecule has 3 N–H and O–H groups in total. The summed E-state index contributed by atoms with van der Waals surface area (Å²) in [5.74, 6) is 1.44. The van der Waals surface area contributed by atoms with Gasteiger partial charge in [-0.25, -0.2) is 0 Å². The second-order valence-electron chi connectivity index (χ2n) is 6.44. The number of para-hydroxylation sites is 1. The van der Waals surface area contributed by atoms with Gasteiger partial charge in [-0.2, -0.15) is 0 Å². The molecule has 0 bridgehead atoms. The molecule has 1 amide bonds. The molecule has 2 aromatic rings. The van der Waals surface area contributed by atoms with E-state index in [2.05, 4.69) is 20.9 Å². The molecule has 0 aliphatic carbocycles. The Morgan fingerprint density at radius 1 is 1.32 bits per heavy atom. The van der Waals surface area contributed by atoms with Crippen molar-refractivity contribution in [2.45, 2.75) is 26.8 Å². The number of carbonyl (C=O) groups excluding carboxylic acids is 1. The normalized spacial score (nSPS) is 13.1. The molecule has 0 saturated heterocycles. The molecule has 1 aromatic carbocycles. The summed E-state index contributed by atoms with van der Waals surface area (Å²) in [7, 11) is 3.34. The first-order valence-corrected chi connectivity index (χ1v) is 8.05. The summed E-state index contributed by atoms with van der Waals surface area (Å²) in [6.07, 6.45) is 0. The third-order valence-electron chi connectivity index (χ3n) is 3.99. The van der Waals surface area contributed by atoms with Gasteiger partial charge >= 0.3 is 0 Å². The van der Waals surface area contributed by atoms with E-state index in [-0.39, 0.29) is 35.9 Å². The van der Waals surface area contributed by atoms with E-state index >= 15 is 0 Å². The number of nitrogens with one attached hydrogen (secondary N) is 3. The quantitative estimate of drug-likeness (QED) is 0.366. The van der Waals surface area contributed by atoms with E-state index in [1.54, 1.807) is 14.1 Å². The van der Waals surface area contributed by atoms with Gasteiger partial charge in [-0.15, -0.1) is 24.0 Å². The number of benzene rings is 1. The third kappa shape index (κ3) is 5.35. The maximum atomic E-state index is 11.9. The Balaban J connectivity index is 0.00000312. The van der Waals surface area contributed by atoms with Crippen molar-refractivity contribution >= 4 is 46.8 Å². The first-order valence-electron chi connectivity index (χ1n) is 8.05. The molecule has 1 heterocycles. The van der Waals surface area contributed by atoms with Crippen LogP contribution < -0.4 is 16.0 Å². The van der Waals surface area contributed by atoms with E-state index in [0.717, 1.165) is 16.7 Å². The molecule has 2 rings (SSSR count). The van der Waals surface area contributed by atoms with E-state index in [1.165, 1.54) is 0 Å². The Bertz CT molecular complexity index is 707. The van der Waals surface area contributed by atoms with Crippen LogP contribution in [0.1, 0.15) is 32.6 Å². The molecule has 0 saturated carbocycles. The van der Waals surface area contributed by atoms with Crippen molar-refractivity contribution in [3.05, 3.63) is 36.1 Å². The lowest BCUT2D eigenvalue weighted by Gasteiger charge is -2.25. The van der Waals surface area contributed by atoms with Crippen molar-refractivity contribution in [3.63, 3.8) is 0 Å². The van der Waals surface area contributed by atoms with E-state index < -0.39 is 5.41 Å². The standard InChI is InChI=1S/C18H26N4O2.HI/c1-12(15-10-13-8-6-7-9-14(13)24-15)22-17(20-5)21-11-18(2,3)16(23)19-4;/h6-10,12H,11H2,1-5H3,(H,19,23)(H2,20,21,22);1H.